The largest absolute Gasteiger partial charge is 0.286 e. The molecule has 0 heterocycles. The second-order valence-corrected chi connectivity index (χ2v) is 4.04. The van der Waals surface area contributed by atoms with Gasteiger partial charge < -0.3 is 0 Å². The molecule has 0 saturated heterocycles. The van der Waals surface area contributed by atoms with Crippen molar-refractivity contribution >= 4 is 10.1 Å². The van der Waals surface area contributed by atoms with Gasteiger partial charge in [-0.3, -0.25) is 9.26 Å². The van der Waals surface area contributed by atoms with E-state index in [1.807, 2.05) is 13.8 Å². The van der Waals surface area contributed by atoms with Crippen molar-refractivity contribution in [1.29, 1.82) is 0 Å². The average Bonchev–Trinajstić information content (AvgIpc) is 1.59. The van der Waals surface area contributed by atoms with Gasteiger partial charge in [0.25, 0.3) is 10.1 Å². The molecule has 0 atom stereocenters. The van der Waals surface area contributed by atoms with Gasteiger partial charge in [-0.05, 0) is 12.3 Å². The Hall–Kier alpha value is -0.160. The highest BCUT2D eigenvalue weighted by Crippen LogP contribution is 2.00. The van der Waals surface area contributed by atoms with Crippen molar-refractivity contribution in [2.45, 2.75) is 20.3 Å². The lowest BCUT2D eigenvalue weighted by molar-refractivity contribution is 0.474. The molecule has 0 unspecified atom stereocenters. The highest BCUT2D eigenvalue weighted by molar-refractivity contribution is 7.85. The zero-order chi connectivity index (χ0) is 7.49. The van der Waals surface area contributed by atoms with Crippen LogP contribution in [0, 0.1) is 5.92 Å². The van der Waals surface area contributed by atoms with Crippen LogP contribution in [0.15, 0.2) is 0 Å². The maximum atomic E-state index is 10.1. The maximum Gasteiger partial charge on any atom is 0.264 e. The molecule has 0 aliphatic heterocycles. The van der Waals surface area contributed by atoms with Gasteiger partial charge in [-0.2, -0.15) is 8.42 Å². The molecule has 0 rings (SSSR count). The van der Waals surface area contributed by atoms with Crippen LogP contribution >= 0.6 is 0 Å². The SMILES string of the molecule is CC(C)CCS(=O)(=O)O.F. The van der Waals surface area contributed by atoms with Gasteiger partial charge in [-0.25, -0.2) is 0 Å². The number of hydrogen-bond acceptors (Lipinski definition) is 2. The van der Waals surface area contributed by atoms with Gasteiger partial charge in [-0.1, -0.05) is 13.8 Å². The van der Waals surface area contributed by atoms with E-state index in [9.17, 15) is 8.42 Å². The van der Waals surface area contributed by atoms with E-state index in [1.165, 1.54) is 0 Å². The zero-order valence-electron chi connectivity index (χ0n) is 6.07. The number of rotatable bonds is 3. The summed E-state index contributed by atoms with van der Waals surface area (Å²) in [5.41, 5.74) is 0. The summed E-state index contributed by atoms with van der Waals surface area (Å²) in [5, 5.41) is 0. The lowest BCUT2D eigenvalue weighted by Gasteiger charge is -1.99. The van der Waals surface area contributed by atoms with Crippen LogP contribution in [-0.2, 0) is 10.1 Å². The van der Waals surface area contributed by atoms with Gasteiger partial charge >= 0.3 is 0 Å². The molecule has 0 fully saturated rings. The lowest BCUT2D eigenvalue weighted by Crippen LogP contribution is -2.06. The summed E-state index contributed by atoms with van der Waals surface area (Å²) in [6.07, 6.45) is 0.527. The molecule has 10 heavy (non-hydrogen) atoms. The molecule has 0 aliphatic carbocycles. The topological polar surface area (TPSA) is 54.4 Å². The maximum absolute atomic E-state index is 10.1. The molecular weight excluding hydrogens is 159 g/mol. The van der Waals surface area contributed by atoms with Crippen molar-refractivity contribution in [2.75, 3.05) is 5.75 Å². The quantitative estimate of drug-likeness (QED) is 0.648. The van der Waals surface area contributed by atoms with Crippen molar-refractivity contribution in [1.82, 2.24) is 0 Å². The fourth-order valence-corrected chi connectivity index (χ4v) is 1.15. The molecule has 5 heteroatoms. The molecule has 0 amide bonds. The van der Waals surface area contributed by atoms with E-state index < -0.39 is 10.1 Å². The van der Waals surface area contributed by atoms with Crippen molar-refractivity contribution in [3.8, 4) is 0 Å². The minimum Gasteiger partial charge on any atom is -0.286 e. The van der Waals surface area contributed by atoms with Crippen LogP contribution in [0.3, 0.4) is 0 Å². The first-order chi connectivity index (χ1) is 3.92. The van der Waals surface area contributed by atoms with Crippen LogP contribution in [0.1, 0.15) is 20.3 Å². The third kappa shape index (κ3) is 10.8. The van der Waals surface area contributed by atoms with Crippen LogP contribution in [-0.4, -0.2) is 18.7 Å². The van der Waals surface area contributed by atoms with Gasteiger partial charge in [-0.15, -0.1) is 0 Å². The highest BCUT2D eigenvalue weighted by atomic mass is 32.2. The summed E-state index contributed by atoms with van der Waals surface area (Å²) in [6.45, 7) is 3.82. The van der Waals surface area contributed by atoms with Crippen LogP contribution in [0.4, 0.5) is 4.70 Å². The Morgan fingerprint density at radius 1 is 1.40 bits per heavy atom. The molecule has 0 radical (unpaired) electrons. The van der Waals surface area contributed by atoms with Gasteiger partial charge in [0.05, 0.1) is 5.75 Å². The van der Waals surface area contributed by atoms with Crippen LogP contribution < -0.4 is 0 Å². The van der Waals surface area contributed by atoms with Gasteiger partial charge in [0.15, 0.2) is 0 Å². The van der Waals surface area contributed by atoms with Crippen molar-refractivity contribution in [2.24, 2.45) is 5.92 Å². The predicted octanol–water partition coefficient (Wildman–Crippen LogP) is 1.07. The van der Waals surface area contributed by atoms with E-state index in [2.05, 4.69) is 0 Å². The predicted molar refractivity (Wildman–Crippen MR) is 38.4 cm³/mol. The number of halogens is 1. The van der Waals surface area contributed by atoms with Crippen molar-refractivity contribution in [3.63, 3.8) is 0 Å². The average molecular weight is 172 g/mol. The molecule has 0 aromatic heterocycles. The molecule has 0 saturated carbocycles. The van der Waals surface area contributed by atoms with Crippen LogP contribution in [0.2, 0.25) is 0 Å². The molecule has 0 spiro atoms. The van der Waals surface area contributed by atoms with Gasteiger partial charge in [0, 0.05) is 0 Å². The number of hydrogen-bond donors (Lipinski definition) is 1. The Morgan fingerprint density at radius 3 is 1.90 bits per heavy atom. The van der Waals surface area contributed by atoms with E-state index in [-0.39, 0.29) is 10.5 Å². The van der Waals surface area contributed by atoms with E-state index in [0.29, 0.717) is 12.3 Å². The first-order valence-electron chi connectivity index (χ1n) is 2.87. The summed E-state index contributed by atoms with van der Waals surface area (Å²) in [5.74, 6) is 0.205. The van der Waals surface area contributed by atoms with E-state index in [4.69, 9.17) is 4.55 Å². The summed E-state index contributed by atoms with van der Waals surface area (Å²) in [4.78, 5) is 0. The molecule has 0 aromatic rings. The van der Waals surface area contributed by atoms with Gasteiger partial charge in [0.1, 0.15) is 0 Å². The summed E-state index contributed by atoms with van der Waals surface area (Å²) < 4.78 is 28.4. The third-order valence-electron chi connectivity index (χ3n) is 0.953. The second kappa shape index (κ2) is 4.62. The second-order valence-electron chi connectivity index (χ2n) is 2.47. The molecule has 0 aliphatic rings. The minimum absolute atomic E-state index is 0. The van der Waals surface area contributed by atoms with Crippen LogP contribution in [0.25, 0.3) is 0 Å². The van der Waals surface area contributed by atoms with E-state index >= 15 is 0 Å². The summed E-state index contributed by atoms with van der Waals surface area (Å²) in [6, 6.07) is 0. The molecule has 3 nitrogen and oxygen atoms in total. The van der Waals surface area contributed by atoms with Gasteiger partial charge in [0.2, 0.25) is 0 Å². The highest BCUT2D eigenvalue weighted by Gasteiger charge is 2.04. The summed E-state index contributed by atoms with van der Waals surface area (Å²) in [7, 11) is -3.72. The van der Waals surface area contributed by atoms with Crippen molar-refractivity contribution < 1.29 is 17.7 Å². The van der Waals surface area contributed by atoms with E-state index in [0.717, 1.165) is 0 Å². The standard InChI is InChI=1S/C5H12O3S.FH/c1-5(2)3-4-9(6,7)8;/h5H,3-4H2,1-2H3,(H,6,7,8);1H. The third-order valence-corrected chi connectivity index (χ3v) is 1.70. The zero-order valence-corrected chi connectivity index (χ0v) is 6.89. The van der Waals surface area contributed by atoms with Crippen molar-refractivity contribution in [3.05, 3.63) is 0 Å². The Kier molecular flexibility index (Phi) is 5.78. The Labute approximate surface area is 60.6 Å². The fraction of sp³-hybridized carbons (Fsp3) is 1.00. The Morgan fingerprint density at radius 2 is 1.80 bits per heavy atom. The molecule has 64 valence electrons. The first-order valence-corrected chi connectivity index (χ1v) is 4.48. The summed E-state index contributed by atoms with van der Waals surface area (Å²) >= 11 is 0. The molecule has 0 bridgehead atoms. The Balaban J connectivity index is 0. The minimum atomic E-state index is -3.72. The van der Waals surface area contributed by atoms with Crippen LogP contribution in [0.5, 0.6) is 0 Å². The fourth-order valence-electron chi connectivity index (χ4n) is 0.385. The normalized spacial score (nSPS) is 11.2. The van der Waals surface area contributed by atoms with E-state index in [1.54, 1.807) is 0 Å². The first kappa shape index (κ1) is 12.5. The smallest absolute Gasteiger partial charge is 0.264 e. The molecule has 1 N–H and O–H groups in total. The monoisotopic (exact) mass is 172 g/mol. The Bertz CT molecular complexity index is 162. The lowest BCUT2D eigenvalue weighted by atomic mass is 10.2. The molecular formula is C5H13FO3S. The molecule has 0 aromatic carbocycles.